The van der Waals surface area contributed by atoms with Crippen LogP contribution in [0.1, 0.15) is 38.0 Å². The molecule has 0 unspecified atom stereocenters. The highest BCUT2D eigenvalue weighted by molar-refractivity contribution is 5.12. The predicted octanol–water partition coefficient (Wildman–Crippen LogP) is 2.39. The lowest BCUT2D eigenvalue weighted by molar-refractivity contribution is 0.0875. The first-order chi connectivity index (χ1) is 9.24. The quantitative estimate of drug-likeness (QED) is 0.733. The summed E-state index contributed by atoms with van der Waals surface area (Å²) in [4.78, 5) is 2.46. The van der Waals surface area contributed by atoms with Gasteiger partial charge in [-0.25, -0.2) is 0 Å². The van der Waals surface area contributed by atoms with Crippen LogP contribution in [-0.4, -0.2) is 37.2 Å². The number of hydrogen-bond acceptors (Lipinski definition) is 4. The number of nitrogens with zero attached hydrogens (tertiary/aromatic N) is 1. The standard InChI is InChI=1S/C15H26N2O2/c1-13(2)16-10-14-9-15(19-11-14)12-18-8-7-17-5-3-4-6-17/h9,11,13,16H,3-8,10,12H2,1-2H3. The molecule has 4 nitrogen and oxygen atoms in total. The number of hydrogen-bond donors (Lipinski definition) is 1. The van der Waals surface area contributed by atoms with Crippen molar-refractivity contribution >= 4 is 0 Å². The first kappa shape index (κ1) is 14.6. The van der Waals surface area contributed by atoms with E-state index in [2.05, 4.69) is 30.1 Å². The number of rotatable bonds is 8. The molecule has 2 heterocycles. The zero-order chi connectivity index (χ0) is 13.5. The Morgan fingerprint density at radius 1 is 1.37 bits per heavy atom. The van der Waals surface area contributed by atoms with Gasteiger partial charge in [-0.1, -0.05) is 13.8 Å². The summed E-state index contributed by atoms with van der Waals surface area (Å²) in [5.74, 6) is 0.918. The fourth-order valence-corrected chi connectivity index (χ4v) is 2.29. The van der Waals surface area contributed by atoms with Gasteiger partial charge in [0.1, 0.15) is 12.4 Å². The van der Waals surface area contributed by atoms with Crippen molar-refractivity contribution in [1.82, 2.24) is 10.2 Å². The molecule has 0 radical (unpaired) electrons. The molecule has 0 spiro atoms. The fourth-order valence-electron chi connectivity index (χ4n) is 2.29. The zero-order valence-electron chi connectivity index (χ0n) is 12.2. The Balaban J connectivity index is 1.60. The van der Waals surface area contributed by atoms with Gasteiger partial charge in [0.2, 0.25) is 0 Å². The van der Waals surface area contributed by atoms with Crippen LogP contribution in [0.25, 0.3) is 0 Å². The molecule has 1 N–H and O–H groups in total. The topological polar surface area (TPSA) is 37.6 Å². The van der Waals surface area contributed by atoms with E-state index in [4.69, 9.17) is 9.15 Å². The fraction of sp³-hybridized carbons (Fsp3) is 0.733. The van der Waals surface area contributed by atoms with E-state index >= 15 is 0 Å². The van der Waals surface area contributed by atoms with Crippen LogP contribution in [0.3, 0.4) is 0 Å². The van der Waals surface area contributed by atoms with Gasteiger partial charge in [0.25, 0.3) is 0 Å². The van der Waals surface area contributed by atoms with Gasteiger partial charge < -0.3 is 19.4 Å². The minimum atomic E-state index is 0.495. The van der Waals surface area contributed by atoms with Gasteiger partial charge in [-0.05, 0) is 32.0 Å². The second-order valence-corrected chi connectivity index (χ2v) is 5.56. The van der Waals surface area contributed by atoms with Gasteiger partial charge >= 0.3 is 0 Å². The molecule has 0 saturated carbocycles. The zero-order valence-corrected chi connectivity index (χ0v) is 12.2. The van der Waals surface area contributed by atoms with Crippen molar-refractivity contribution in [3.8, 4) is 0 Å². The Hall–Kier alpha value is -0.840. The van der Waals surface area contributed by atoms with E-state index in [0.717, 1.165) is 25.5 Å². The Bertz CT molecular complexity index is 357. The molecular formula is C15H26N2O2. The van der Waals surface area contributed by atoms with Gasteiger partial charge in [0, 0.05) is 24.7 Å². The van der Waals surface area contributed by atoms with Crippen molar-refractivity contribution in [1.29, 1.82) is 0 Å². The number of ether oxygens (including phenoxy) is 1. The summed E-state index contributed by atoms with van der Waals surface area (Å²) in [6, 6.07) is 2.57. The molecule has 0 atom stereocenters. The first-order valence-electron chi connectivity index (χ1n) is 7.34. The average molecular weight is 266 g/mol. The second kappa shape index (κ2) is 7.68. The van der Waals surface area contributed by atoms with Crippen molar-refractivity contribution in [3.63, 3.8) is 0 Å². The maximum atomic E-state index is 5.66. The summed E-state index contributed by atoms with van der Waals surface area (Å²) in [5, 5.41) is 3.37. The Morgan fingerprint density at radius 2 is 2.16 bits per heavy atom. The maximum absolute atomic E-state index is 5.66. The van der Waals surface area contributed by atoms with Crippen LogP contribution in [0.15, 0.2) is 16.7 Å². The maximum Gasteiger partial charge on any atom is 0.129 e. The molecule has 2 rings (SSSR count). The van der Waals surface area contributed by atoms with Gasteiger partial charge in [-0.3, -0.25) is 0 Å². The van der Waals surface area contributed by atoms with Crippen LogP contribution in [-0.2, 0) is 17.9 Å². The highest BCUT2D eigenvalue weighted by Crippen LogP contribution is 2.10. The summed E-state index contributed by atoms with van der Waals surface area (Å²) < 4.78 is 11.2. The van der Waals surface area contributed by atoms with E-state index in [1.807, 2.05) is 6.26 Å². The van der Waals surface area contributed by atoms with Crippen LogP contribution in [0.4, 0.5) is 0 Å². The lowest BCUT2D eigenvalue weighted by Crippen LogP contribution is -2.23. The molecule has 0 amide bonds. The van der Waals surface area contributed by atoms with Gasteiger partial charge in [-0.15, -0.1) is 0 Å². The Kier molecular flexibility index (Phi) is 5.89. The largest absolute Gasteiger partial charge is 0.467 e. The van der Waals surface area contributed by atoms with Crippen molar-refractivity contribution in [2.75, 3.05) is 26.2 Å². The average Bonchev–Trinajstić information content (AvgIpc) is 3.04. The molecule has 1 aliphatic heterocycles. The molecule has 4 heteroatoms. The van der Waals surface area contributed by atoms with Crippen LogP contribution in [0.5, 0.6) is 0 Å². The lowest BCUT2D eigenvalue weighted by Gasteiger charge is -2.13. The monoisotopic (exact) mass is 266 g/mol. The molecule has 1 fully saturated rings. The van der Waals surface area contributed by atoms with Crippen LogP contribution >= 0.6 is 0 Å². The molecule has 108 valence electrons. The van der Waals surface area contributed by atoms with E-state index in [9.17, 15) is 0 Å². The molecule has 1 aromatic heterocycles. The predicted molar refractivity (Wildman–Crippen MR) is 76.0 cm³/mol. The lowest BCUT2D eigenvalue weighted by atomic mass is 10.3. The number of nitrogens with one attached hydrogen (secondary N) is 1. The molecule has 1 saturated heterocycles. The van der Waals surface area contributed by atoms with Crippen molar-refractivity contribution in [2.45, 2.75) is 45.9 Å². The molecule has 1 aromatic rings. The smallest absolute Gasteiger partial charge is 0.129 e. The van der Waals surface area contributed by atoms with Crippen LogP contribution in [0, 0.1) is 0 Å². The minimum Gasteiger partial charge on any atom is -0.467 e. The molecule has 19 heavy (non-hydrogen) atoms. The number of likely N-dealkylation sites (tertiary alicyclic amines) is 1. The third-order valence-electron chi connectivity index (χ3n) is 3.42. The van der Waals surface area contributed by atoms with Gasteiger partial charge in [0.05, 0.1) is 12.9 Å². The van der Waals surface area contributed by atoms with Gasteiger partial charge in [-0.2, -0.15) is 0 Å². The van der Waals surface area contributed by atoms with Gasteiger partial charge in [0.15, 0.2) is 0 Å². The highest BCUT2D eigenvalue weighted by Gasteiger charge is 2.10. The Labute approximate surface area is 116 Å². The molecule has 0 aromatic carbocycles. The van der Waals surface area contributed by atoms with Crippen molar-refractivity contribution < 1.29 is 9.15 Å². The SMILES string of the molecule is CC(C)NCc1coc(COCCN2CCCC2)c1. The number of furan rings is 1. The van der Waals surface area contributed by atoms with Crippen LogP contribution in [0.2, 0.25) is 0 Å². The third kappa shape index (κ3) is 5.35. The molecule has 0 bridgehead atoms. The third-order valence-corrected chi connectivity index (χ3v) is 3.42. The summed E-state index contributed by atoms with van der Waals surface area (Å²) >= 11 is 0. The van der Waals surface area contributed by atoms with Crippen molar-refractivity contribution in [3.05, 3.63) is 23.7 Å². The van der Waals surface area contributed by atoms with E-state index in [1.165, 1.54) is 31.5 Å². The summed E-state index contributed by atoms with van der Waals surface area (Å²) in [6.07, 6.45) is 4.49. The van der Waals surface area contributed by atoms with E-state index in [1.54, 1.807) is 0 Å². The molecule has 0 aliphatic carbocycles. The molecular weight excluding hydrogens is 240 g/mol. The summed E-state index contributed by atoms with van der Waals surface area (Å²) in [5.41, 5.74) is 1.19. The van der Waals surface area contributed by atoms with Crippen molar-refractivity contribution in [2.24, 2.45) is 0 Å². The Morgan fingerprint density at radius 3 is 2.89 bits per heavy atom. The minimum absolute atomic E-state index is 0.495. The normalized spacial score (nSPS) is 16.6. The van der Waals surface area contributed by atoms with E-state index in [-0.39, 0.29) is 0 Å². The van der Waals surface area contributed by atoms with E-state index < -0.39 is 0 Å². The second-order valence-electron chi connectivity index (χ2n) is 5.56. The summed E-state index contributed by atoms with van der Waals surface area (Å²) in [6.45, 7) is 10.0. The first-order valence-corrected chi connectivity index (χ1v) is 7.34. The highest BCUT2D eigenvalue weighted by atomic mass is 16.5. The summed E-state index contributed by atoms with van der Waals surface area (Å²) in [7, 11) is 0. The molecule has 1 aliphatic rings. The van der Waals surface area contributed by atoms with Crippen LogP contribution < -0.4 is 5.32 Å². The van der Waals surface area contributed by atoms with E-state index in [0.29, 0.717) is 12.6 Å².